The number of rotatable bonds is 4. The number of H-pyrrole nitrogens is 1. The van der Waals surface area contributed by atoms with Crippen molar-refractivity contribution >= 4 is 17.6 Å². The highest BCUT2D eigenvalue weighted by Gasteiger charge is 2.38. The zero-order valence-electron chi connectivity index (χ0n) is 12.7. The molecule has 7 nitrogen and oxygen atoms in total. The van der Waals surface area contributed by atoms with E-state index in [2.05, 4.69) is 15.5 Å². The molecule has 2 rings (SSSR count). The maximum atomic E-state index is 12.1. The number of hydrogen-bond acceptors (Lipinski definition) is 4. The van der Waals surface area contributed by atoms with Crippen LogP contribution in [-0.2, 0) is 9.59 Å². The van der Waals surface area contributed by atoms with Gasteiger partial charge < -0.3 is 10.4 Å². The molecule has 1 fully saturated rings. The van der Waals surface area contributed by atoms with E-state index in [1.807, 2.05) is 18.7 Å². The van der Waals surface area contributed by atoms with Gasteiger partial charge >= 0.3 is 5.97 Å². The number of carboxylic acid groups (broad SMARTS) is 1. The van der Waals surface area contributed by atoms with Crippen molar-refractivity contribution in [1.29, 1.82) is 0 Å². The van der Waals surface area contributed by atoms with Crippen LogP contribution in [0.25, 0.3) is 0 Å². The molecule has 21 heavy (non-hydrogen) atoms. The second-order valence-corrected chi connectivity index (χ2v) is 6.04. The average molecular weight is 294 g/mol. The molecule has 1 amide bonds. The molecule has 0 aromatic carbocycles. The highest BCUT2D eigenvalue weighted by Crippen LogP contribution is 2.29. The second-order valence-electron chi connectivity index (χ2n) is 6.04. The topological polar surface area (TPSA) is 98.3 Å². The van der Waals surface area contributed by atoms with E-state index in [1.165, 1.54) is 0 Å². The Bertz CT molecular complexity index is 535. The zero-order valence-corrected chi connectivity index (χ0v) is 12.7. The summed E-state index contributed by atoms with van der Waals surface area (Å²) in [4.78, 5) is 25.3. The molecule has 1 unspecified atom stereocenters. The molecule has 116 valence electrons. The first kappa shape index (κ1) is 15.5. The van der Waals surface area contributed by atoms with Crippen LogP contribution >= 0.6 is 0 Å². The van der Waals surface area contributed by atoms with E-state index in [9.17, 15) is 14.7 Å². The minimum atomic E-state index is -0.797. The van der Waals surface area contributed by atoms with Gasteiger partial charge in [0.05, 0.1) is 29.0 Å². The van der Waals surface area contributed by atoms with Crippen molar-refractivity contribution in [2.75, 3.05) is 25.0 Å². The fourth-order valence-corrected chi connectivity index (χ4v) is 2.77. The molecule has 2 heterocycles. The van der Waals surface area contributed by atoms with Crippen molar-refractivity contribution in [3.8, 4) is 0 Å². The number of carbonyl (C=O) groups is 2. The van der Waals surface area contributed by atoms with Gasteiger partial charge in [0.2, 0.25) is 5.91 Å². The van der Waals surface area contributed by atoms with Crippen LogP contribution in [0.5, 0.6) is 0 Å². The number of carboxylic acids is 1. The Kier molecular flexibility index (Phi) is 4.32. The molecule has 0 saturated carbocycles. The second kappa shape index (κ2) is 5.85. The summed E-state index contributed by atoms with van der Waals surface area (Å²) in [6.45, 7) is 6.76. The number of carbonyl (C=O) groups excluding carboxylic acids is 1. The van der Waals surface area contributed by atoms with Crippen LogP contribution in [-0.4, -0.2) is 51.7 Å². The predicted octanol–water partition coefficient (Wildman–Crippen LogP) is 1.15. The molecule has 1 atom stereocenters. The zero-order chi connectivity index (χ0) is 15.6. The minimum absolute atomic E-state index is 0.141. The normalized spacial score (nSPS) is 23.0. The standard InChI is InChI=1S/C14H22N4O3/c1-9-12(10(2)17-16-9)15-11(19)7-18-6-4-5-14(3,8-18)13(20)21/h4-8H2,1-3H3,(H,15,19)(H,16,17)(H,20,21). The molecule has 1 aliphatic heterocycles. The van der Waals surface area contributed by atoms with E-state index in [-0.39, 0.29) is 12.5 Å². The fourth-order valence-electron chi connectivity index (χ4n) is 2.77. The number of nitrogens with one attached hydrogen (secondary N) is 2. The van der Waals surface area contributed by atoms with Crippen molar-refractivity contribution in [3.63, 3.8) is 0 Å². The first-order valence-electron chi connectivity index (χ1n) is 7.09. The summed E-state index contributed by atoms with van der Waals surface area (Å²) in [5.74, 6) is -0.939. The lowest BCUT2D eigenvalue weighted by molar-refractivity contribution is -0.151. The fraction of sp³-hybridized carbons (Fsp3) is 0.643. The van der Waals surface area contributed by atoms with Gasteiger partial charge in [0.1, 0.15) is 0 Å². The summed E-state index contributed by atoms with van der Waals surface area (Å²) in [6, 6.07) is 0. The monoisotopic (exact) mass is 294 g/mol. The molecular weight excluding hydrogens is 272 g/mol. The van der Waals surface area contributed by atoms with Gasteiger partial charge in [0, 0.05) is 6.54 Å². The number of amides is 1. The lowest BCUT2D eigenvalue weighted by Crippen LogP contribution is -2.48. The van der Waals surface area contributed by atoms with Crippen molar-refractivity contribution in [1.82, 2.24) is 15.1 Å². The van der Waals surface area contributed by atoms with Gasteiger partial charge in [0.25, 0.3) is 0 Å². The van der Waals surface area contributed by atoms with Gasteiger partial charge in [0.15, 0.2) is 0 Å². The van der Waals surface area contributed by atoms with Crippen LogP contribution in [0.2, 0.25) is 0 Å². The molecule has 0 spiro atoms. The number of aromatic nitrogens is 2. The molecule has 0 aliphatic carbocycles. The number of likely N-dealkylation sites (tertiary alicyclic amines) is 1. The van der Waals surface area contributed by atoms with Crippen molar-refractivity contribution < 1.29 is 14.7 Å². The molecule has 7 heteroatoms. The molecule has 1 aromatic rings. The molecular formula is C14H22N4O3. The number of aromatic amines is 1. The van der Waals surface area contributed by atoms with Crippen LogP contribution in [0.3, 0.4) is 0 Å². The molecule has 1 aliphatic rings. The molecule has 1 aromatic heterocycles. The molecule has 1 saturated heterocycles. The third-order valence-electron chi connectivity index (χ3n) is 4.05. The molecule has 3 N–H and O–H groups in total. The number of nitrogens with zero attached hydrogens (tertiary/aromatic N) is 2. The van der Waals surface area contributed by atoms with Gasteiger partial charge in [-0.1, -0.05) is 0 Å². The molecule has 0 radical (unpaired) electrons. The van der Waals surface area contributed by atoms with Crippen molar-refractivity contribution in [3.05, 3.63) is 11.4 Å². The van der Waals surface area contributed by atoms with E-state index in [4.69, 9.17) is 0 Å². The van der Waals surface area contributed by atoms with E-state index >= 15 is 0 Å². The summed E-state index contributed by atoms with van der Waals surface area (Å²) in [7, 11) is 0. The van der Waals surface area contributed by atoms with Gasteiger partial charge in [-0.15, -0.1) is 0 Å². The number of anilines is 1. The summed E-state index contributed by atoms with van der Waals surface area (Å²) < 4.78 is 0. The van der Waals surface area contributed by atoms with Crippen molar-refractivity contribution in [2.24, 2.45) is 5.41 Å². The van der Waals surface area contributed by atoms with Crippen LogP contribution < -0.4 is 5.32 Å². The summed E-state index contributed by atoms with van der Waals surface area (Å²) in [5.41, 5.74) is 1.50. The van der Waals surface area contributed by atoms with Crippen LogP contribution in [0.4, 0.5) is 5.69 Å². The summed E-state index contributed by atoms with van der Waals surface area (Å²) in [5, 5.41) is 19.0. The third-order valence-corrected chi connectivity index (χ3v) is 4.05. The maximum Gasteiger partial charge on any atom is 0.310 e. The van der Waals surface area contributed by atoms with E-state index < -0.39 is 11.4 Å². The van der Waals surface area contributed by atoms with Crippen molar-refractivity contribution in [2.45, 2.75) is 33.6 Å². The van der Waals surface area contributed by atoms with Crippen LogP contribution in [0.1, 0.15) is 31.2 Å². The maximum absolute atomic E-state index is 12.1. The van der Waals surface area contributed by atoms with E-state index in [1.54, 1.807) is 6.92 Å². The number of piperidine rings is 1. The predicted molar refractivity (Wildman–Crippen MR) is 78.1 cm³/mol. The number of hydrogen-bond donors (Lipinski definition) is 3. The average Bonchev–Trinajstić information content (AvgIpc) is 2.70. The Labute approximate surface area is 123 Å². The van der Waals surface area contributed by atoms with E-state index in [0.717, 1.165) is 24.4 Å². The lowest BCUT2D eigenvalue weighted by atomic mass is 9.82. The first-order chi connectivity index (χ1) is 9.82. The third kappa shape index (κ3) is 3.41. The minimum Gasteiger partial charge on any atom is -0.481 e. The van der Waals surface area contributed by atoms with E-state index in [0.29, 0.717) is 18.7 Å². The van der Waals surface area contributed by atoms with Gasteiger partial charge in [-0.25, -0.2) is 0 Å². The van der Waals surface area contributed by atoms with Gasteiger partial charge in [-0.2, -0.15) is 5.10 Å². The highest BCUT2D eigenvalue weighted by atomic mass is 16.4. The first-order valence-corrected chi connectivity index (χ1v) is 7.09. The Morgan fingerprint density at radius 2 is 2.19 bits per heavy atom. The Balaban J connectivity index is 1.95. The molecule has 0 bridgehead atoms. The van der Waals surface area contributed by atoms with Crippen LogP contribution in [0.15, 0.2) is 0 Å². The van der Waals surface area contributed by atoms with Gasteiger partial charge in [-0.05, 0) is 40.2 Å². The Hall–Kier alpha value is -1.89. The quantitative estimate of drug-likeness (QED) is 0.774. The highest BCUT2D eigenvalue weighted by molar-refractivity contribution is 5.93. The number of aryl methyl sites for hydroxylation is 2. The lowest BCUT2D eigenvalue weighted by Gasteiger charge is -2.37. The number of aliphatic carboxylic acids is 1. The SMILES string of the molecule is Cc1n[nH]c(C)c1NC(=O)CN1CCCC(C)(C(=O)O)C1. The Morgan fingerprint density at radius 3 is 2.76 bits per heavy atom. The Morgan fingerprint density at radius 1 is 1.48 bits per heavy atom. The van der Waals surface area contributed by atoms with Gasteiger partial charge in [-0.3, -0.25) is 19.6 Å². The summed E-state index contributed by atoms with van der Waals surface area (Å²) >= 11 is 0. The smallest absolute Gasteiger partial charge is 0.310 e. The van der Waals surface area contributed by atoms with Crippen LogP contribution in [0, 0.1) is 19.3 Å². The summed E-state index contributed by atoms with van der Waals surface area (Å²) in [6.07, 6.45) is 1.44. The largest absolute Gasteiger partial charge is 0.481 e.